The molecule has 1 unspecified atom stereocenters. The fraction of sp³-hybridized carbons (Fsp3) is 0.0633. The van der Waals surface area contributed by atoms with Crippen molar-refractivity contribution in [3.05, 3.63) is 94.0 Å². The van der Waals surface area contributed by atoms with Crippen molar-refractivity contribution < 1.29 is 13.2 Å². The molecule has 0 heterocycles. The first-order valence-electron chi connectivity index (χ1n) is 30.4. The van der Waals surface area contributed by atoms with E-state index in [1.165, 1.54) is 195 Å². The van der Waals surface area contributed by atoms with Crippen LogP contribution in [0.1, 0.15) is 45.3 Å². The molecule has 0 saturated heterocycles. The maximum absolute atomic E-state index is 16.6. The number of fused-ring (bicyclic) bond motifs is 1. The highest BCUT2D eigenvalue weighted by Crippen LogP contribution is 2.85. The molecule has 0 radical (unpaired) electrons. The quantitative estimate of drug-likeness (QED) is 0.169. The number of ether oxygens (including phenoxy) is 1. The normalized spacial score (nSPS) is 19.8. The lowest BCUT2D eigenvalue weighted by molar-refractivity contribution is 0.346. The van der Waals surface area contributed by atoms with Crippen LogP contribution < -0.4 is 9.46 Å². The van der Waals surface area contributed by atoms with Crippen molar-refractivity contribution in [1.82, 2.24) is 4.72 Å². The molecule has 35 rings (SSSR count). The van der Waals surface area contributed by atoms with Gasteiger partial charge in [-0.15, -0.1) is 0 Å². The number of methoxy groups -OCH3 is 1. The number of benzene rings is 21. The van der Waals surface area contributed by atoms with Crippen molar-refractivity contribution in [3.8, 4) is 5.75 Å². The van der Waals surface area contributed by atoms with Crippen molar-refractivity contribution in [2.45, 2.75) is 29.2 Å². The molecule has 0 bridgehead atoms. The summed E-state index contributed by atoms with van der Waals surface area (Å²) < 4.78 is 43.9. The Kier molecular flexibility index (Phi) is 3.47. The standard InChI is InChI=1S/C79H19NO3S/c1-13-7-10-15(11-8-13)84(81,82)80-78(18-16-6-4-3-5-14(16)9-12-17(18)83-2)79-75-71-65-51-43-35-23-20-19-21-24(23)36-38-34-28(21)30-26-22(19)25-29-27(20)33-37(35)49(51)57-55-41(33)39(29)47-45-31(25)32(26)46-48-40(30)42(34)56-58-50(38)52(44(36)43)66(65)72(75)68(58)70-62(56)60(48)64-54(46)53(45)63-59(47)61(55)69(67(57)71)76(79)73(63)74(64)77(70)79/h3-12,75,78,80H,1-2H3. The van der Waals surface area contributed by atoms with E-state index in [9.17, 15) is 0 Å². The maximum Gasteiger partial charge on any atom is 0.241 e. The highest BCUT2D eigenvalue weighted by atomic mass is 32.2. The molecule has 0 fully saturated rings. The summed E-state index contributed by atoms with van der Waals surface area (Å²) in [6.07, 6.45) is 0. The fourth-order valence-electron chi connectivity index (χ4n) is 26.8. The highest BCUT2D eigenvalue weighted by Gasteiger charge is 2.66. The summed E-state index contributed by atoms with van der Waals surface area (Å²) in [4.78, 5) is 0.293. The first-order valence-corrected chi connectivity index (χ1v) is 31.9. The third kappa shape index (κ3) is 2.14. The Labute approximate surface area is 462 Å². The summed E-state index contributed by atoms with van der Waals surface area (Å²) >= 11 is 0. The monoisotopic (exact) mass is 1060 g/mol. The Balaban J connectivity index is 1.01. The van der Waals surface area contributed by atoms with Crippen LogP contribution in [0, 0.1) is 6.92 Å². The molecule has 4 nitrogen and oxygen atoms in total. The van der Waals surface area contributed by atoms with Crippen LogP contribution in [0.15, 0.2) is 65.6 Å². The van der Waals surface area contributed by atoms with Gasteiger partial charge in [-0.2, -0.15) is 0 Å². The number of hydrogen-bond donors (Lipinski definition) is 1. The molecule has 0 aromatic heterocycles. The topological polar surface area (TPSA) is 55.4 Å². The SMILES string of the molecule is COc1ccc2ccccc2c1C(NS(=O)(=O)c1ccc(C)cc1)C12c3c4c5c6c7c8c(c9c%10c1c1c3c3c%11c4c4c5c5c7c7c%12c8c8c9c9c%10c%10c1c1c3c3c%11c%11c4c4c5c7c5c7c%12c8c8c9c9c%10c1c1c3c3c%11c4c5c4c7c8c9c1c34)C62. The van der Waals surface area contributed by atoms with Crippen molar-refractivity contribution in [2.75, 3.05) is 7.11 Å². The molecule has 0 aliphatic heterocycles. The van der Waals surface area contributed by atoms with Crippen LogP contribution in [0.5, 0.6) is 5.75 Å². The number of aryl methyl sites for hydroxylation is 1. The van der Waals surface area contributed by atoms with E-state index >= 15 is 8.42 Å². The molecule has 4 aliphatic rings. The minimum absolute atomic E-state index is 0.211. The minimum atomic E-state index is -4.26. The minimum Gasteiger partial charge on any atom is -0.496 e. The van der Waals surface area contributed by atoms with E-state index in [2.05, 4.69) is 41.1 Å². The zero-order chi connectivity index (χ0) is 51.6. The first kappa shape index (κ1) is 34.5. The van der Waals surface area contributed by atoms with E-state index in [0.29, 0.717) is 4.90 Å². The summed E-state index contributed by atoms with van der Waals surface area (Å²) in [6, 6.07) is 19.9. The Morgan fingerprint density at radius 3 is 0.976 bits per heavy atom. The van der Waals surface area contributed by atoms with Gasteiger partial charge >= 0.3 is 0 Å². The largest absolute Gasteiger partial charge is 0.496 e. The molecule has 1 N–H and O–H groups in total. The average molecular weight is 1060 g/mol. The molecule has 0 spiro atoms. The van der Waals surface area contributed by atoms with Gasteiger partial charge in [0.05, 0.1) is 23.5 Å². The van der Waals surface area contributed by atoms with Crippen molar-refractivity contribution in [2.24, 2.45) is 0 Å². The van der Waals surface area contributed by atoms with Crippen LogP contribution in [0.2, 0.25) is 0 Å². The lowest BCUT2D eigenvalue weighted by Crippen LogP contribution is -2.49. The van der Waals surface area contributed by atoms with Gasteiger partial charge in [0.25, 0.3) is 0 Å². The second kappa shape index (κ2) is 8.44. The van der Waals surface area contributed by atoms with Gasteiger partial charge in [-0.25, -0.2) is 13.1 Å². The van der Waals surface area contributed by atoms with Gasteiger partial charge in [0, 0.05) is 11.5 Å². The molecule has 31 aromatic rings. The molecule has 84 heavy (non-hydrogen) atoms. The van der Waals surface area contributed by atoms with E-state index < -0.39 is 21.5 Å². The third-order valence-electron chi connectivity index (χ3n) is 27.7. The molecule has 364 valence electrons. The van der Waals surface area contributed by atoms with Crippen molar-refractivity contribution in [3.63, 3.8) is 0 Å². The molecule has 0 saturated carbocycles. The van der Waals surface area contributed by atoms with Gasteiger partial charge in [0.1, 0.15) is 5.75 Å². The Morgan fingerprint density at radius 2 is 0.643 bits per heavy atom. The molecular weight excluding hydrogens is 1040 g/mol. The van der Waals surface area contributed by atoms with E-state index in [1.807, 2.05) is 38.3 Å². The van der Waals surface area contributed by atoms with Gasteiger partial charge in [-0.3, -0.25) is 0 Å². The molecule has 1 atom stereocenters. The van der Waals surface area contributed by atoms with E-state index in [4.69, 9.17) is 4.74 Å². The van der Waals surface area contributed by atoms with Gasteiger partial charge in [0.2, 0.25) is 10.0 Å². The Bertz CT molecular complexity index is 8260. The number of rotatable bonds is 6. The van der Waals surface area contributed by atoms with Gasteiger partial charge in [-0.1, -0.05) is 48.0 Å². The molecule has 31 aromatic carbocycles. The summed E-state index contributed by atoms with van der Waals surface area (Å²) in [5.41, 5.74) is 6.77. The van der Waals surface area contributed by atoms with Crippen LogP contribution in [0.4, 0.5) is 0 Å². The van der Waals surface area contributed by atoms with Gasteiger partial charge in [-0.05, 0) is 349 Å². The lowest BCUT2D eigenvalue weighted by atomic mass is 9.53. The zero-order valence-corrected chi connectivity index (χ0v) is 44.4. The summed E-state index contributed by atoms with van der Waals surface area (Å²) in [7, 11) is -2.44. The van der Waals surface area contributed by atoms with E-state index in [-0.39, 0.29) is 5.92 Å². The summed E-state index contributed by atoms with van der Waals surface area (Å²) in [6.45, 7) is 2.05. The van der Waals surface area contributed by atoms with Crippen LogP contribution in [0.25, 0.3) is 302 Å². The maximum atomic E-state index is 16.6. The second-order valence-electron chi connectivity index (χ2n) is 28.9. The third-order valence-corrected chi connectivity index (χ3v) is 29.1. The smallest absolute Gasteiger partial charge is 0.241 e. The van der Waals surface area contributed by atoms with E-state index in [1.54, 1.807) is 118 Å². The summed E-state index contributed by atoms with van der Waals surface area (Å²) in [5.74, 6) is 0.514. The van der Waals surface area contributed by atoms with Crippen molar-refractivity contribution >= 4 is 312 Å². The van der Waals surface area contributed by atoms with E-state index in [0.717, 1.165) is 27.6 Å². The number of hydrogen-bond acceptors (Lipinski definition) is 3. The summed E-state index contributed by atoms with van der Waals surface area (Å²) in [5, 5.41) is 84.6. The number of sulfonamides is 1. The van der Waals surface area contributed by atoms with Gasteiger partial charge < -0.3 is 4.74 Å². The van der Waals surface area contributed by atoms with Crippen LogP contribution >= 0.6 is 0 Å². The van der Waals surface area contributed by atoms with Crippen LogP contribution in [0.3, 0.4) is 0 Å². The molecule has 0 amide bonds. The zero-order valence-electron chi connectivity index (χ0n) is 43.6. The molecule has 4 aliphatic carbocycles. The highest BCUT2D eigenvalue weighted by molar-refractivity contribution is 7.89. The Morgan fingerprint density at radius 1 is 0.357 bits per heavy atom. The van der Waals surface area contributed by atoms with Gasteiger partial charge in [0.15, 0.2) is 0 Å². The van der Waals surface area contributed by atoms with Crippen molar-refractivity contribution in [1.29, 1.82) is 0 Å². The van der Waals surface area contributed by atoms with Crippen LogP contribution in [-0.2, 0) is 15.4 Å². The molecular formula is C79H19NO3S. The average Bonchev–Trinajstić information content (AvgIpc) is 1.41. The van der Waals surface area contributed by atoms with Crippen LogP contribution in [-0.4, -0.2) is 15.5 Å². The predicted molar refractivity (Wildman–Crippen MR) is 350 cm³/mol. The molecule has 5 heteroatoms. The Hall–Kier alpha value is -9.91. The fourth-order valence-corrected chi connectivity index (χ4v) is 28.0. The first-order chi connectivity index (χ1) is 41.5. The second-order valence-corrected chi connectivity index (χ2v) is 30.6. The predicted octanol–water partition coefficient (Wildman–Crippen LogP) is 20.3. The number of nitrogens with one attached hydrogen (secondary N) is 1. The lowest BCUT2D eigenvalue weighted by Gasteiger charge is -2.50.